The Kier molecular flexibility index (Phi) is 5.04. The van der Waals surface area contributed by atoms with Crippen molar-refractivity contribution in [2.45, 2.75) is 26.3 Å². The van der Waals surface area contributed by atoms with Gasteiger partial charge in [-0.3, -0.25) is 4.79 Å². The molecule has 0 spiro atoms. The van der Waals surface area contributed by atoms with E-state index in [4.69, 9.17) is 10.8 Å². The van der Waals surface area contributed by atoms with Crippen molar-refractivity contribution in [2.75, 3.05) is 0 Å². The first kappa shape index (κ1) is 10.9. The molecular weight excluding hydrogens is 154 g/mol. The van der Waals surface area contributed by atoms with E-state index in [1.165, 1.54) is 0 Å². The monoisotopic (exact) mass is 169 g/mol. The molecule has 0 fully saturated rings. The molecule has 68 valence electrons. The minimum absolute atomic E-state index is 0.385. The largest absolute Gasteiger partial charge is 0.480 e. The van der Waals surface area contributed by atoms with E-state index in [2.05, 4.69) is 0 Å². The van der Waals surface area contributed by atoms with Crippen LogP contribution in [-0.2, 0) is 4.79 Å². The zero-order valence-corrected chi connectivity index (χ0v) is 7.45. The van der Waals surface area contributed by atoms with Gasteiger partial charge in [-0.15, -0.1) is 0 Å². The van der Waals surface area contributed by atoms with Gasteiger partial charge in [0.1, 0.15) is 6.04 Å². The van der Waals surface area contributed by atoms with Gasteiger partial charge in [0.25, 0.3) is 0 Å². The first-order valence-electron chi connectivity index (χ1n) is 3.88. The van der Waals surface area contributed by atoms with Crippen LogP contribution >= 0.6 is 0 Å². The topological polar surface area (TPSA) is 63.3 Å². The van der Waals surface area contributed by atoms with Crippen LogP contribution in [0, 0.1) is 0 Å². The number of carbonyl (C=O) groups is 1. The van der Waals surface area contributed by atoms with Gasteiger partial charge in [0.05, 0.1) is 0 Å². The highest BCUT2D eigenvalue weighted by Crippen LogP contribution is 2.05. The fourth-order valence-electron chi connectivity index (χ4n) is 0.837. The Morgan fingerprint density at radius 1 is 1.58 bits per heavy atom. The Labute approximate surface area is 72.6 Å². The average Bonchev–Trinajstić information content (AvgIpc) is 2.03. The van der Waals surface area contributed by atoms with Crippen LogP contribution in [0.4, 0.5) is 0 Å². The number of hydrogen-bond acceptors (Lipinski definition) is 2. The van der Waals surface area contributed by atoms with E-state index < -0.39 is 12.0 Å². The molecule has 0 aromatic heterocycles. The SMILES string of the molecule is C/C=C\C(=C/C)CC(N)C(=O)O. The third-order valence-corrected chi connectivity index (χ3v) is 1.52. The Bertz CT molecular complexity index is 207. The molecule has 0 aromatic rings. The highest BCUT2D eigenvalue weighted by Gasteiger charge is 2.11. The molecule has 3 heteroatoms. The zero-order valence-electron chi connectivity index (χ0n) is 7.45. The first-order valence-corrected chi connectivity index (χ1v) is 3.88. The molecule has 0 saturated carbocycles. The van der Waals surface area contributed by atoms with Crippen LogP contribution in [0.15, 0.2) is 23.8 Å². The molecule has 0 radical (unpaired) electrons. The average molecular weight is 169 g/mol. The molecule has 0 bridgehead atoms. The molecule has 0 amide bonds. The quantitative estimate of drug-likeness (QED) is 0.624. The predicted octanol–water partition coefficient (Wildman–Crippen LogP) is 1.31. The summed E-state index contributed by atoms with van der Waals surface area (Å²) >= 11 is 0. The van der Waals surface area contributed by atoms with Crippen molar-refractivity contribution in [3.05, 3.63) is 23.8 Å². The smallest absolute Gasteiger partial charge is 0.320 e. The van der Waals surface area contributed by atoms with Gasteiger partial charge < -0.3 is 10.8 Å². The molecule has 0 aliphatic carbocycles. The van der Waals surface area contributed by atoms with Gasteiger partial charge in [-0.1, -0.05) is 23.8 Å². The highest BCUT2D eigenvalue weighted by atomic mass is 16.4. The van der Waals surface area contributed by atoms with E-state index in [9.17, 15) is 4.79 Å². The number of aliphatic carboxylic acids is 1. The van der Waals surface area contributed by atoms with E-state index in [0.29, 0.717) is 6.42 Å². The van der Waals surface area contributed by atoms with Crippen molar-refractivity contribution in [2.24, 2.45) is 5.73 Å². The summed E-state index contributed by atoms with van der Waals surface area (Å²) in [4.78, 5) is 10.4. The predicted molar refractivity (Wildman–Crippen MR) is 48.8 cm³/mol. The van der Waals surface area contributed by atoms with Gasteiger partial charge in [0.15, 0.2) is 0 Å². The second kappa shape index (κ2) is 5.55. The first-order chi connectivity index (χ1) is 5.61. The zero-order chi connectivity index (χ0) is 9.56. The maximum atomic E-state index is 10.4. The van der Waals surface area contributed by atoms with E-state index >= 15 is 0 Å². The number of allylic oxidation sites excluding steroid dienone is 3. The highest BCUT2D eigenvalue weighted by molar-refractivity contribution is 5.73. The lowest BCUT2D eigenvalue weighted by molar-refractivity contribution is -0.138. The van der Waals surface area contributed by atoms with Crippen LogP contribution in [0.25, 0.3) is 0 Å². The van der Waals surface area contributed by atoms with Crippen LogP contribution in [0.3, 0.4) is 0 Å². The minimum Gasteiger partial charge on any atom is -0.480 e. The molecule has 1 unspecified atom stereocenters. The van der Waals surface area contributed by atoms with E-state index in [1.807, 2.05) is 32.1 Å². The number of carboxylic acids is 1. The van der Waals surface area contributed by atoms with Crippen LogP contribution in [0.1, 0.15) is 20.3 Å². The molecule has 0 saturated heterocycles. The van der Waals surface area contributed by atoms with Gasteiger partial charge in [-0.05, 0) is 20.3 Å². The summed E-state index contributed by atoms with van der Waals surface area (Å²) in [5.41, 5.74) is 6.30. The van der Waals surface area contributed by atoms with Crippen LogP contribution in [0.5, 0.6) is 0 Å². The van der Waals surface area contributed by atoms with Gasteiger partial charge in [0, 0.05) is 0 Å². The van der Waals surface area contributed by atoms with Crippen molar-refractivity contribution in [3.8, 4) is 0 Å². The molecule has 0 heterocycles. The lowest BCUT2D eigenvalue weighted by Crippen LogP contribution is -2.30. The summed E-state index contributed by atoms with van der Waals surface area (Å²) in [7, 11) is 0. The summed E-state index contributed by atoms with van der Waals surface area (Å²) in [6.45, 7) is 3.75. The molecule has 3 nitrogen and oxygen atoms in total. The number of hydrogen-bond donors (Lipinski definition) is 2. The summed E-state index contributed by atoms with van der Waals surface area (Å²) in [5.74, 6) is -0.959. The van der Waals surface area contributed by atoms with Crippen molar-refractivity contribution < 1.29 is 9.90 Å². The molecule has 0 aliphatic rings. The van der Waals surface area contributed by atoms with Crippen LogP contribution < -0.4 is 5.73 Å². The fraction of sp³-hybridized carbons (Fsp3) is 0.444. The Morgan fingerprint density at radius 2 is 2.17 bits per heavy atom. The van der Waals surface area contributed by atoms with E-state index in [0.717, 1.165) is 5.57 Å². The van der Waals surface area contributed by atoms with Gasteiger partial charge in [-0.25, -0.2) is 0 Å². The fourth-order valence-corrected chi connectivity index (χ4v) is 0.837. The third kappa shape index (κ3) is 3.93. The van der Waals surface area contributed by atoms with Crippen molar-refractivity contribution in [1.82, 2.24) is 0 Å². The lowest BCUT2D eigenvalue weighted by atomic mass is 10.1. The molecular formula is C9H15NO2. The van der Waals surface area contributed by atoms with E-state index in [-0.39, 0.29) is 0 Å². The summed E-state index contributed by atoms with van der Waals surface area (Å²) in [5, 5.41) is 8.52. The molecule has 0 aliphatic heterocycles. The second-order valence-electron chi connectivity index (χ2n) is 2.51. The van der Waals surface area contributed by atoms with Crippen LogP contribution in [0.2, 0.25) is 0 Å². The number of rotatable bonds is 4. The molecule has 0 rings (SSSR count). The standard InChI is InChI=1S/C9H15NO2/c1-3-5-7(4-2)6-8(10)9(11)12/h3-5,8H,6,10H2,1-2H3,(H,11,12)/b5-3-,7-4+. The normalized spacial score (nSPS) is 15.1. The molecule has 3 N–H and O–H groups in total. The summed E-state index contributed by atoms with van der Waals surface area (Å²) in [6.07, 6.45) is 5.98. The van der Waals surface area contributed by atoms with Gasteiger partial charge >= 0.3 is 5.97 Å². The van der Waals surface area contributed by atoms with Crippen LogP contribution in [-0.4, -0.2) is 17.1 Å². The summed E-state index contributed by atoms with van der Waals surface area (Å²) in [6, 6.07) is -0.799. The Morgan fingerprint density at radius 3 is 2.50 bits per heavy atom. The lowest BCUT2D eigenvalue weighted by Gasteiger charge is -2.05. The maximum Gasteiger partial charge on any atom is 0.320 e. The second-order valence-corrected chi connectivity index (χ2v) is 2.51. The maximum absolute atomic E-state index is 10.4. The minimum atomic E-state index is -0.959. The van der Waals surface area contributed by atoms with Crippen molar-refractivity contribution in [3.63, 3.8) is 0 Å². The van der Waals surface area contributed by atoms with E-state index in [1.54, 1.807) is 0 Å². The summed E-state index contributed by atoms with van der Waals surface area (Å²) < 4.78 is 0. The Balaban J connectivity index is 4.13. The van der Waals surface area contributed by atoms with Crippen molar-refractivity contribution >= 4 is 5.97 Å². The third-order valence-electron chi connectivity index (χ3n) is 1.52. The molecule has 12 heavy (non-hydrogen) atoms. The molecule has 1 atom stereocenters. The van der Waals surface area contributed by atoms with Gasteiger partial charge in [-0.2, -0.15) is 0 Å². The number of carboxylic acid groups (broad SMARTS) is 1. The van der Waals surface area contributed by atoms with Gasteiger partial charge in [0.2, 0.25) is 0 Å². The molecule has 0 aromatic carbocycles. The van der Waals surface area contributed by atoms with Crippen molar-refractivity contribution in [1.29, 1.82) is 0 Å². The Hall–Kier alpha value is -1.09. The number of nitrogens with two attached hydrogens (primary N) is 1.